The Morgan fingerprint density at radius 1 is 1.18 bits per heavy atom. The third-order valence-corrected chi connectivity index (χ3v) is 10.9. The minimum atomic E-state index is -0.989. The molecular formula is C30H43N3O5S. The molecule has 2 N–H and O–H groups in total. The molecule has 3 fully saturated rings. The zero-order valence-electron chi connectivity index (χ0n) is 23.8. The Balaban J connectivity index is 1.81. The molecule has 2 unspecified atom stereocenters. The summed E-state index contributed by atoms with van der Waals surface area (Å²) in [6, 6.07) is 6.40. The number of anilines is 2. The van der Waals surface area contributed by atoms with E-state index in [0.29, 0.717) is 24.9 Å². The van der Waals surface area contributed by atoms with Crippen LogP contribution in [0.2, 0.25) is 0 Å². The van der Waals surface area contributed by atoms with E-state index in [1.807, 2.05) is 45.0 Å². The average Bonchev–Trinajstić information content (AvgIpc) is 3.47. The lowest BCUT2D eigenvalue weighted by Gasteiger charge is -2.40. The Morgan fingerprint density at radius 3 is 2.31 bits per heavy atom. The van der Waals surface area contributed by atoms with Gasteiger partial charge in [-0.3, -0.25) is 14.4 Å². The Labute approximate surface area is 236 Å². The van der Waals surface area contributed by atoms with E-state index in [1.165, 1.54) is 11.8 Å². The van der Waals surface area contributed by atoms with Gasteiger partial charge in [-0.05, 0) is 70.2 Å². The van der Waals surface area contributed by atoms with Crippen LogP contribution < -0.4 is 9.80 Å². The number of hydrogen-bond acceptors (Lipinski definition) is 6. The van der Waals surface area contributed by atoms with E-state index in [0.717, 1.165) is 18.8 Å². The van der Waals surface area contributed by atoms with Crippen LogP contribution in [0, 0.1) is 17.8 Å². The summed E-state index contributed by atoms with van der Waals surface area (Å²) < 4.78 is -1.46. The topological polar surface area (TPSA) is 101 Å². The number of hydrogen-bond donors (Lipinski definition) is 2. The van der Waals surface area contributed by atoms with E-state index < -0.39 is 39.4 Å². The molecule has 1 aromatic carbocycles. The average molecular weight is 558 g/mol. The molecule has 1 spiro atoms. The number of aliphatic carboxylic acids is 1. The van der Waals surface area contributed by atoms with Gasteiger partial charge in [-0.2, -0.15) is 0 Å². The zero-order chi connectivity index (χ0) is 28.7. The summed E-state index contributed by atoms with van der Waals surface area (Å²) in [5.74, 6) is -3.04. The Morgan fingerprint density at radius 2 is 1.79 bits per heavy atom. The van der Waals surface area contributed by atoms with Crippen LogP contribution in [-0.2, 0) is 14.4 Å². The maximum absolute atomic E-state index is 14.7. The highest BCUT2D eigenvalue weighted by Gasteiger charge is 2.78. The van der Waals surface area contributed by atoms with Crippen LogP contribution in [0.4, 0.5) is 11.4 Å². The van der Waals surface area contributed by atoms with Crippen molar-refractivity contribution in [2.24, 2.45) is 17.8 Å². The molecule has 0 radical (unpaired) electrons. The molecular weight excluding hydrogens is 514 g/mol. The van der Waals surface area contributed by atoms with Gasteiger partial charge in [0.05, 0.1) is 29.2 Å². The lowest BCUT2D eigenvalue weighted by molar-refractivity contribution is -0.150. The number of likely N-dealkylation sites (tertiary alicyclic amines) is 1. The first-order valence-electron chi connectivity index (χ1n) is 14.1. The summed E-state index contributed by atoms with van der Waals surface area (Å²) in [5, 5.41) is 20.7. The second kappa shape index (κ2) is 11.2. The van der Waals surface area contributed by atoms with Crippen LogP contribution in [0.1, 0.15) is 53.9 Å². The standard InChI is InChI=1S/C30H43N3O5S/c1-7-16-32(21-12-10-20(11-13-21)31(8-2)9-3)27(36)25-30-15-14-29(6,39-30)24(28(37)38)23(30)26(35)33(25)22(18-34)17-19(4)5/h7,10-13,19,22-25,34H,1,8-9,14-18H2,2-6H3,(H,37,38)/t22-,23+,24-,25?,29+,30?/m1/s1. The van der Waals surface area contributed by atoms with Crippen LogP contribution >= 0.6 is 11.8 Å². The molecule has 3 aliphatic rings. The predicted octanol–water partition coefficient (Wildman–Crippen LogP) is 4.02. The summed E-state index contributed by atoms with van der Waals surface area (Å²) in [7, 11) is 0. The fraction of sp³-hybridized carbons (Fsp3) is 0.633. The predicted molar refractivity (Wildman–Crippen MR) is 156 cm³/mol. The monoisotopic (exact) mass is 557 g/mol. The van der Waals surface area contributed by atoms with Crippen LogP contribution in [0.25, 0.3) is 0 Å². The van der Waals surface area contributed by atoms with Crippen molar-refractivity contribution in [3.8, 4) is 0 Å². The number of thioether (sulfide) groups is 1. The summed E-state index contributed by atoms with van der Waals surface area (Å²) >= 11 is 1.52. The van der Waals surface area contributed by atoms with E-state index in [9.17, 15) is 24.6 Å². The lowest BCUT2D eigenvalue weighted by atomic mass is 9.66. The van der Waals surface area contributed by atoms with Crippen LogP contribution in [-0.4, -0.2) is 80.7 Å². The maximum Gasteiger partial charge on any atom is 0.308 e. The Bertz CT molecular complexity index is 1110. The molecule has 1 aromatic rings. The second-order valence-electron chi connectivity index (χ2n) is 11.7. The Kier molecular flexibility index (Phi) is 8.43. The Hall–Kier alpha value is -2.52. The van der Waals surface area contributed by atoms with Gasteiger partial charge in [0.2, 0.25) is 5.91 Å². The highest BCUT2D eigenvalue weighted by atomic mass is 32.2. The summed E-state index contributed by atoms with van der Waals surface area (Å²) in [6.07, 6.45) is 3.41. The minimum Gasteiger partial charge on any atom is -0.481 e. The number of carbonyl (C=O) groups is 3. The number of fused-ring (bicyclic) bond motifs is 1. The van der Waals surface area contributed by atoms with E-state index in [2.05, 4.69) is 25.3 Å². The summed E-state index contributed by atoms with van der Waals surface area (Å²) in [6.45, 7) is 15.7. The third-order valence-electron chi connectivity index (χ3n) is 8.93. The number of benzene rings is 1. The van der Waals surface area contributed by atoms with Crippen molar-refractivity contribution in [3.05, 3.63) is 36.9 Å². The number of aliphatic hydroxyl groups is 1. The number of carboxylic acid groups (broad SMARTS) is 1. The van der Waals surface area contributed by atoms with Crippen molar-refractivity contribution >= 4 is 40.9 Å². The largest absolute Gasteiger partial charge is 0.481 e. The van der Waals surface area contributed by atoms with Crippen molar-refractivity contribution in [1.82, 2.24) is 4.90 Å². The molecule has 2 bridgehead atoms. The molecule has 3 saturated heterocycles. The second-order valence-corrected chi connectivity index (χ2v) is 13.6. The van der Waals surface area contributed by atoms with Gasteiger partial charge in [-0.25, -0.2) is 0 Å². The molecule has 3 aliphatic heterocycles. The molecule has 39 heavy (non-hydrogen) atoms. The van der Waals surface area contributed by atoms with Gasteiger partial charge in [0, 0.05) is 35.8 Å². The number of nitrogens with zero attached hydrogens (tertiary/aromatic N) is 3. The first-order chi connectivity index (χ1) is 18.5. The molecule has 0 aromatic heterocycles. The molecule has 2 amide bonds. The fourth-order valence-corrected chi connectivity index (χ4v) is 9.59. The van der Waals surface area contributed by atoms with Gasteiger partial charge in [0.25, 0.3) is 5.91 Å². The first-order valence-corrected chi connectivity index (χ1v) is 14.9. The maximum atomic E-state index is 14.7. The molecule has 0 saturated carbocycles. The van der Waals surface area contributed by atoms with Gasteiger partial charge < -0.3 is 24.9 Å². The van der Waals surface area contributed by atoms with Crippen molar-refractivity contribution in [2.75, 3.05) is 36.0 Å². The van der Waals surface area contributed by atoms with E-state index in [-0.39, 0.29) is 30.9 Å². The molecule has 3 heterocycles. The van der Waals surface area contributed by atoms with Crippen molar-refractivity contribution in [1.29, 1.82) is 0 Å². The smallest absolute Gasteiger partial charge is 0.308 e. The van der Waals surface area contributed by atoms with Crippen molar-refractivity contribution in [3.63, 3.8) is 0 Å². The quantitative estimate of drug-likeness (QED) is 0.374. The van der Waals surface area contributed by atoms with Crippen LogP contribution in [0.3, 0.4) is 0 Å². The number of rotatable bonds is 12. The van der Waals surface area contributed by atoms with Crippen molar-refractivity contribution in [2.45, 2.75) is 75.5 Å². The first kappa shape index (κ1) is 29.5. The lowest BCUT2D eigenvalue weighted by Crippen LogP contribution is -2.57. The fourth-order valence-electron chi connectivity index (χ4n) is 7.26. The van der Waals surface area contributed by atoms with Gasteiger partial charge in [-0.15, -0.1) is 18.3 Å². The normalized spacial score (nSPS) is 30.0. The molecule has 214 valence electrons. The summed E-state index contributed by atoms with van der Waals surface area (Å²) in [4.78, 5) is 46.8. The number of amides is 2. The SMILES string of the molecule is C=CCN(C(=O)C1N([C@@H](CO)CC(C)C)C(=O)[C@@H]2[C@H](C(=O)O)[C@]3(C)CCC12S3)c1ccc(N(CC)CC)cc1. The van der Waals surface area contributed by atoms with Gasteiger partial charge in [0.15, 0.2) is 0 Å². The van der Waals surface area contributed by atoms with Gasteiger partial charge in [0.1, 0.15) is 6.04 Å². The van der Waals surface area contributed by atoms with Gasteiger partial charge >= 0.3 is 5.97 Å². The number of carboxylic acids is 1. The number of aliphatic hydroxyl groups excluding tert-OH is 1. The molecule has 4 rings (SSSR count). The molecule has 0 aliphatic carbocycles. The van der Waals surface area contributed by atoms with Gasteiger partial charge in [-0.1, -0.05) is 19.9 Å². The minimum absolute atomic E-state index is 0.178. The molecule has 9 heteroatoms. The molecule has 8 nitrogen and oxygen atoms in total. The molecule has 6 atom stereocenters. The van der Waals surface area contributed by atoms with Crippen LogP contribution in [0.15, 0.2) is 36.9 Å². The zero-order valence-corrected chi connectivity index (χ0v) is 24.6. The highest BCUT2D eigenvalue weighted by Crippen LogP contribution is 2.71. The van der Waals surface area contributed by atoms with Crippen molar-refractivity contribution < 1.29 is 24.6 Å². The highest BCUT2D eigenvalue weighted by molar-refractivity contribution is 8.02. The van der Waals surface area contributed by atoms with E-state index in [4.69, 9.17) is 0 Å². The summed E-state index contributed by atoms with van der Waals surface area (Å²) in [5.41, 5.74) is 1.76. The number of carbonyl (C=O) groups excluding carboxylic acids is 2. The van der Waals surface area contributed by atoms with E-state index in [1.54, 1.807) is 15.9 Å². The van der Waals surface area contributed by atoms with Crippen LogP contribution in [0.5, 0.6) is 0 Å². The third kappa shape index (κ3) is 4.75. The van der Waals surface area contributed by atoms with E-state index >= 15 is 0 Å².